The lowest BCUT2D eigenvalue weighted by molar-refractivity contribution is 0.0690. The molecule has 2 aliphatic heterocycles. The van der Waals surface area contributed by atoms with Crippen molar-refractivity contribution in [2.24, 2.45) is 0 Å². The first-order valence-electron chi connectivity index (χ1n) is 14.4. The second kappa shape index (κ2) is 11.8. The lowest BCUT2D eigenvalue weighted by Gasteiger charge is -2.29. The van der Waals surface area contributed by atoms with Crippen LogP contribution in [0, 0.1) is 0 Å². The molecule has 1 atom stereocenters. The van der Waals surface area contributed by atoms with Gasteiger partial charge in [0.25, 0.3) is 0 Å². The van der Waals surface area contributed by atoms with E-state index in [0.717, 1.165) is 46.5 Å². The average molecular weight is 570 g/mol. The maximum absolute atomic E-state index is 12.9. The number of aromatic carboxylic acids is 1. The van der Waals surface area contributed by atoms with Gasteiger partial charge in [0, 0.05) is 31.9 Å². The van der Waals surface area contributed by atoms with Crippen LogP contribution in [-0.4, -0.2) is 76.2 Å². The zero-order valence-corrected chi connectivity index (χ0v) is 23.9. The minimum absolute atomic E-state index is 0.0386. The SMILES string of the molecule is CC(C)c1nn(C2CCN(C(=O)OCc3ccccc3)C2)c2nc(C(=O)O)cc(-c3ccc(N4CCOCC4)cc3)c12. The monoisotopic (exact) mass is 569 g/mol. The van der Waals surface area contributed by atoms with Crippen LogP contribution in [0.2, 0.25) is 0 Å². The van der Waals surface area contributed by atoms with Crippen molar-refractivity contribution in [3.05, 3.63) is 77.6 Å². The smallest absolute Gasteiger partial charge is 0.410 e. The van der Waals surface area contributed by atoms with E-state index in [1.165, 1.54) is 0 Å². The Morgan fingerprint density at radius 2 is 1.79 bits per heavy atom. The Hall–Kier alpha value is -4.44. The summed E-state index contributed by atoms with van der Waals surface area (Å²) in [4.78, 5) is 33.6. The normalized spacial score (nSPS) is 17.3. The van der Waals surface area contributed by atoms with Gasteiger partial charge in [0.2, 0.25) is 0 Å². The lowest BCUT2D eigenvalue weighted by atomic mass is 9.97. The van der Waals surface area contributed by atoms with E-state index in [9.17, 15) is 14.7 Å². The van der Waals surface area contributed by atoms with Crippen molar-refractivity contribution in [1.29, 1.82) is 0 Å². The number of morpholine rings is 1. The van der Waals surface area contributed by atoms with E-state index in [1.54, 1.807) is 11.0 Å². The van der Waals surface area contributed by atoms with E-state index in [1.807, 2.05) is 47.1 Å². The number of carbonyl (C=O) groups excluding carboxylic acids is 1. The lowest BCUT2D eigenvalue weighted by Crippen LogP contribution is -2.36. The van der Waals surface area contributed by atoms with Crippen molar-refractivity contribution in [3.63, 3.8) is 0 Å². The zero-order valence-electron chi connectivity index (χ0n) is 23.9. The molecule has 2 aromatic heterocycles. The molecule has 0 radical (unpaired) electrons. The van der Waals surface area contributed by atoms with E-state index >= 15 is 0 Å². The van der Waals surface area contributed by atoms with Crippen molar-refractivity contribution >= 4 is 28.8 Å². The first-order valence-corrected chi connectivity index (χ1v) is 14.4. The first kappa shape index (κ1) is 27.7. The van der Waals surface area contributed by atoms with Crippen LogP contribution in [0.4, 0.5) is 10.5 Å². The molecule has 2 aromatic carbocycles. The molecule has 0 aliphatic carbocycles. The number of anilines is 1. The number of hydrogen-bond donors (Lipinski definition) is 1. The molecule has 218 valence electrons. The molecule has 1 unspecified atom stereocenters. The first-order chi connectivity index (χ1) is 20.4. The van der Waals surface area contributed by atoms with E-state index in [-0.39, 0.29) is 30.4 Å². The van der Waals surface area contributed by atoms with Gasteiger partial charge in [0.15, 0.2) is 11.3 Å². The van der Waals surface area contributed by atoms with Crippen molar-refractivity contribution in [2.45, 2.75) is 38.8 Å². The van der Waals surface area contributed by atoms with Crippen LogP contribution in [0.1, 0.15) is 54.0 Å². The molecule has 2 aliphatic rings. The Morgan fingerprint density at radius 1 is 1.05 bits per heavy atom. The highest BCUT2D eigenvalue weighted by Crippen LogP contribution is 2.37. The second-order valence-electron chi connectivity index (χ2n) is 11.1. The van der Waals surface area contributed by atoms with Gasteiger partial charge in [-0.3, -0.25) is 0 Å². The predicted octanol–water partition coefficient (Wildman–Crippen LogP) is 5.34. The Kier molecular flexibility index (Phi) is 7.80. The average Bonchev–Trinajstić information content (AvgIpc) is 3.66. The Balaban J connectivity index is 1.32. The minimum Gasteiger partial charge on any atom is -0.477 e. The van der Waals surface area contributed by atoms with E-state index in [2.05, 4.69) is 35.9 Å². The highest BCUT2D eigenvalue weighted by atomic mass is 16.6. The van der Waals surface area contributed by atoms with Gasteiger partial charge in [-0.15, -0.1) is 0 Å². The molecule has 2 fully saturated rings. The van der Waals surface area contributed by atoms with Crippen molar-refractivity contribution in [2.75, 3.05) is 44.3 Å². The fraction of sp³-hybridized carbons (Fsp3) is 0.375. The molecule has 6 rings (SSSR count). The van der Waals surface area contributed by atoms with Crippen LogP contribution in [0.3, 0.4) is 0 Å². The topological polar surface area (TPSA) is 110 Å². The number of pyridine rings is 1. The van der Waals surface area contributed by atoms with Gasteiger partial charge >= 0.3 is 12.1 Å². The molecule has 1 amide bonds. The minimum atomic E-state index is -1.10. The van der Waals surface area contributed by atoms with Crippen LogP contribution in [0.15, 0.2) is 60.7 Å². The van der Waals surface area contributed by atoms with Gasteiger partial charge in [-0.1, -0.05) is 56.3 Å². The predicted molar refractivity (Wildman–Crippen MR) is 159 cm³/mol. The summed E-state index contributed by atoms with van der Waals surface area (Å²) in [5.41, 5.74) is 5.07. The van der Waals surface area contributed by atoms with Crippen molar-refractivity contribution in [1.82, 2.24) is 19.7 Å². The number of aromatic nitrogens is 3. The summed E-state index contributed by atoms with van der Waals surface area (Å²) >= 11 is 0. The van der Waals surface area contributed by atoms with Crippen LogP contribution in [0.25, 0.3) is 22.2 Å². The van der Waals surface area contributed by atoms with Crippen LogP contribution < -0.4 is 4.90 Å². The van der Waals surface area contributed by atoms with E-state index in [4.69, 9.17) is 14.6 Å². The number of nitrogens with zero attached hydrogens (tertiary/aromatic N) is 5. The van der Waals surface area contributed by atoms with Gasteiger partial charge in [-0.2, -0.15) is 5.10 Å². The molecule has 4 aromatic rings. The van der Waals surface area contributed by atoms with Crippen LogP contribution in [0.5, 0.6) is 0 Å². The Morgan fingerprint density at radius 3 is 2.48 bits per heavy atom. The third-order valence-electron chi connectivity index (χ3n) is 7.98. The number of ether oxygens (including phenoxy) is 2. The molecular weight excluding hydrogens is 534 g/mol. The molecule has 0 saturated carbocycles. The molecule has 2 saturated heterocycles. The fourth-order valence-electron chi connectivity index (χ4n) is 5.75. The van der Waals surface area contributed by atoms with Gasteiger partial charge < -0.3 is 24.4 Å². The number of carboxylic acids is 1. The second-order valence-corrected chi connectivity index (χ2v) is 11.1. The summed E-state index contributed by atoms with van der Waals surface area (Å²) in [5.74, 6) is -1.02. The third kappa shape index (κ3) is 5.54. The maximum Gasteiger partial charge on any atom is 0.410 e. The summed E-state index contributed by atoms with van der Waals surface area (Å²) in [6, 6.07) is 19.3. The number of benzene rings is 2. The Labute approximate surface area is 244 Å². The highest BCUT2D eigenvalue weighted by molar-refractivity contribution is 6.00. The van der Waals surface area contributed by atoms with Crippen LogP contribution >= 0.6 is 0 Å². The molecule has 1 N–H and O–H groups in total. The van der Waals surface area contributed by atoms with Crippen molar-refractivity contribution in [3.8, 4) is 11.1 Å². The number of rotatable bonds is 7. The van der Waals surface area contributed by atoms with Gasteiger partial charge in [-0.05, 0) is 47.2 Å². The zero-order chi connectivity index (χ0) is 29.2. The standard InChI is InChI=1S/C32H35N5O5/c1-21(2)29-28-26(23-8-10-24(11-9-23)35-14-16-41-17-15-35)18-27(31(38)39)33-30(28)37(34-29)25-12-13-36(19-25)32(40)42-20-22-6-4-3-5-7-22/h3-11,18,21,25H,12-17,19-20H2,1-2H3,(H,38,39). The number of likely N-dealkylation sites (tertiary alicyclic amines) is 1. The van der Waals surface area contributed by atoms with Crippen molar-refractivity contribution < 1.29 is 24.2 Å². The molecule has 0 bridgehead atoms. The summed E-state index contributed by atoms with van der Waals surface area (Å²) in [5, 5.41) is 15.8. The van der Waals surface area contributed by atoms with E-state index in [0.29, 0.717) is 38.4 Å². The number of fused-ring (bicyclic) bond motifs is 1. The largest absolute Gasteiger partial charge is 0.477 e. The molecule has 0 spiro atoms. The summed E-state index contributed by atoms with van der Waals surface area (Å²) in [6.07, 6.45) is 0.291. The molecule has 42 heavy (non-hydrogen) atoms. The molecule has 4 heterocycles. The van der Waals surface area contributed by atoms with Crippen LogP contribution in [-0.2, 0) is 16.1 Å². The molecular formula is C32H35N5O5. The number of carboxylic acid groups (broad SMARTS) is 1. The van der Waals surface area contributed by atoms with E-state index < -0.39 is 5.97 Å². The van der Waals surface area contributed by atoms with Gasteiger partial charge in [-0.25, -0.2) is 19.3 Å². The highest BCUT2D eigenvalue weighted by Gasteiger charge is 2.32. The van der Waals surface area contributed by atoms with Gasteiger partial charge in [0.1, 0.15) is 6.61 Å². The number of amides is 1. The summed E-state index contributed by atoms with van der Waals surface area (Å²) < 4.78 is 12.9. The number of hydrogen-bond acceptors (Lipinski definition) is 7. The molecule has 10 heteroatoms. The third-order valence-corrected chi connectivity index (χ3v) is 7.98. The maximum atomic E-state index is 12.9. The van der Waals surface area contributed by atoms with Gasteiger partial charge in [0.05, 0.1) is 30.3 Å². The summed E-state index contributed by atoms with van der Waals surface area (Å²) in [6.45, 7) is 8.36. The molecule has 10 nitrogen and oxygen atoms in total. The quantitative estimate of drug-likeness (QED) is 0.318. The summed E-state index contributed by atoms with van der Waals surface area (Å²) in [7, 11) is 0. The Bertz CT molecular complexity index is 1580. The fourth-order valence-corrected chi connectivity index (χ4v) is 5.75. The number of carbonyl (C=O) groups is 2.